The molecule has 2 atom stereocenters. The lowest BCUT2D eigenvalue weighted by molar-refractivity contribution is 0.0341. The maximum Gasteiger partial charge on any atom is 0.124 e. The Kier molecular flexibility index (Phi) is 5.21. The summed E-state index contributed by atoms with van der Waals surface area (Å²) in [5.74, 6) is 0.501. The molecule has 1 rings (SSSR count). The lowest BCUT2D eigenvalue weighted by Crippen LogP contribution is -2.19. The van der Waals surface area contributed by atoms with Gasteiger partial charge in [0.05, 0.1) is 19.8 Å². The van der Waals surface area contributed by atoms with Gasteiger partial charge in [-0.15, -0.1) is 0 Å². The van der Waals surface area contributed by atoms with Crippen LogP contribution in [0.3, 0.4) is 0 Å². The van der Waals surface area contributed by atoms with Gasteiger partial charge < -0.3 is 20.1 Å². The molecule has 0 aliphatic rings. The highest BCUT2D eigenvalue weighted by molar-refractivity contribution is 9.09. The number of benzene rings is 1. The molecule has 1 aromatic rings. The third-order valence-electron chi connectivity index (χ3n) is 2.35. The molecule has 3 N–H and O–H groups in total. The molecule has 0 saturated heterocycles. The number of aliphatic hydroxyl groups is 3. The molecule has 0 aromatic heterocycles. The van der Waals surface area contributed by atoms with Gasteiger partial charge >= 0.3 is 0 Å². The van der Waals surface area contributed by atoms with Gasteiger partial charge in [0, 0.05) is 10.9 Å². The summed E-state index contributed by atoms with van der Waals surface area (Å²) in [6, 6.07) is 4.94. The number of rotatable bonds is 5. The van der Waals surface area contributed by atoms with Crippen LogP contribution in [0.15, 0.2) is 18.2 Å². The zero-order chi connectivity index (χ0) is 12.1. The number of halogens is 1. The average molecular weight is 291 g/mol. The van der Waals surface area contributed by atoms with Crippen molar-refractivity contribution < 1.29 is 20.1 Å². The van der Waals surface area contributed by atoms with Crippen molar-refractivity contribution in [1.29, 1.82) is 0 Å². The maximum absolute atomic E-state index is 9.77. The first kappa shape index (κ1) is 13.4. The zero-order valence-electron chi connectivity index (χ0n) is 8.93. The highest BCUT2D eigenvalue weighted by atomic mass is 79.9. The van der Waals surface area contributed by atoms with Crippen molar-refractivity contribution in [2.24, 2.45) is 0 Å². The van der Waals surface area contributed by atoms with Crippen LogP contribution < -0.4 is 4.74 Å². The Bertz CT molecular complexity index is 343. The van der Waals surface area contributed by atoms with Gasteiger partial charge in [-0.25, -0.2) is 0 Å². The average Bonchev–Trinajstić information content (AvgIpc) is 2.35. The summed E-state index contributed by atoms with van der Waals surface area (Å²) in [5, 5.41) is 28.6. The first-order chi connectivity index (χ1) is 7.63. The number of methoxy groups -OCH3 is 1. The monoisotopic (exact) mass is 290 g/mol. The number of aliphatic hydroxyl groups excluding tert-OH is 3. The molecular weight excluding hydrogens is 276 g/mol. The van der Waals surface area contributed by atoms with Gasteiger partial charge in [0.25, 0.3) is 0 Å². The molecule has 4 nitrogen and oxygen atoms in total. The molecule has 16 heavy (non-hydrogen) atoms. The van der Waals surface area contributed by atoms with Gasteiger partial charge in [-0.05, 0) is 11.6 Å². The van der Waals surface area contributed by atoms with E-state index in [9.17, 15) is 10.2 Å². The molecule has 2 unspecified atom stereocenters. The van der Waals surface area contributed by atoms with Crippen LogP contribution in [-0.2, 0) is 6.61 Å². The summed E-state index contributed by atoms with van der Waals surface area (Å²) in [4.78, 5) is 0. The van der Waals surface area contributed by atoms with E-state index in [0.29, 0.717) is 16.9 Å². The second-order valence-corrected chi connectivity index (χ2v) is 4.04. The Morgan fingerprint density at radius 1 is 1.38 bits per heavy atom. The van der Waals surface area contributed by atoms with Gasteiger partial charge in [-0.1, -0.05) is 28.1 Å². The highest BCUT2D eigenvalue weighted by Crippen LogP contribution is 2.26. The Labute approximate surface area is 103 Å². The van der Waals surface area contributed by atoms with Gasteiger partial charge in [0.15, 0.2) is 0 Å². The maximum atomic E-state index is 9.77. The molecule has 90 valence electrons. The van der Waals surface area contributed by atoms with E-state index in [1.807, 2.05) is 0 Å². The van der Waals surface area contributed by atoms with Crippen molar-refractivity contribution in [3.05, 3.63) is 29.3 Å². The van der Waals surface area contributed by atoms with E-state index in [0.717, 1.165) is 0 Å². The molecule has 0 bridgehead atoms. The fraction of sp³-hybridized carbons (Fsp3) is 0.455. The highest BCUT2D eigenvalue weighted by Gasteiger charge is 2.18. The largest absolute Gasteiger partial charge is 0.496 e. The van der Waals surface area contributed by atoms with E-state index >= 15 is 0 Å². The fourth-order valence-corrected chi connectivity index (χ4v) is 1.74. The minimum Gasteiger partial charge on any atom is -0.496 e. The van der Waals surface area contributed by atoms with Crippen molar-refractivity contribution >= 4 is 15.9 Å². The molecule has 0 fully saturated rings. The summed E-state index contributed by atoms with van der Waals surface area (Å²) in [7, 11) is 1.49. The zero-order valence-corrected chi connectivity index (χ0v) is 10.5. The second-order valence-electron chi connectivity index (χ2n) is 3.40. The van der Waals surface area contributed by atoms with Crippen LogP contribution in [0.25, 0.3) is 0 Å². The van der Waals surface area contributed by atoms with Crippen molar-refractivity contribution in [1.82, 2.24) is 0 Å². The molecule has 0 aliphatic carbocycles. The molecule has 5 heteroatoms. The molecule has 0 radical (unpaired) electrons. The third-order valence-corrected chi connectivity index (χ3v) is 3.01. The van der Waals surface area contributed by atoms with Crippen molar-refractivity contribution in [3.63, 3.8) is 0 Å². The van der Waals surface area contributed by atoms with Crippen LogP contribution in [0.4, 0.5) is 0 Å². The van der Waals surface area contributed by atoms with Crippen LogP contribution >= 0.6 is 15.9 Å². The normalized spacial score (nSPS) is 14.6. The summed E-state index contributed by atoms with van der Waals surface area (Å²) >= 11 is 3.10. The minimum absolute atomic E-state index is 0.124. The van der Waals surface area contributed by atoms with E-state index in [2.05, 4.69) is 15.9 Å². The molecule has 0 saturated carbocycles. The van der Waals surface area contributed by atoms with Crippen LogP contribution in [0.5, 0.6) is 5.75 Å². The summed E-state index contributed by atoms with van der Waals surface area (Å²) in [6.07, 6.45) is -1.84. The van der Waals surface area contributed by atoms with E-state index in [1.54, 1.807) is 18.2 Å². The van der Waals surface area contributed by atoms with Crippen molar-refractivity contribution in [3.8, 4) is 5.75 Å². The smallest absolute Gasteiger partial charge is 0.124 e. The van der Waals surface area contributed by atoms with Gasteiger partial charge in [-0.3, -0.25) is 0 Å². The number of hydrogen-bond acceptors (Lipinski definition) is 4. The van der Waals surface area contributed by atoms with Crippen LogP contribution in [0.1, 0.15) is 17.2 Å². The van der Waals surface area contributed by atoms with E-state index < -0.39 is 12.2 Å². The topological polar surface area (TPSA) is 69.9 Å². The van der Waals surface area contributed by atoms with E-state index in [1.165, 1.54) is 7.11 Å². The predicted octanol–water partition coefficient (Wildman–Crippen LogP) is 0.977. The Balaban J connectivity index is 2.98. The van der Waals surface area contributed by atoms with E-state index in [-0.39, 0.29) is 11.9 Å². The summed E-state index contributed by atoms with van der Waals surface area (Å²) in [5.41, 5.74) is 1.20. The van der Waals surface area contributed by atoms with Gasteiger partial charge in [0.1, 0.15) is 11.9 Å². The number of alkyl halides is 1. The lowest BCUT2D eigenvalue weighted by Gasteiger charge is -2.17. The predicted molar refractivity (Wildman–Crippen MR) is 63.7 cm³/mol. The van der Waals surface area contributed by atoms with Crippen LogP contribution in [0, 0.1) is 0 Å². The Morgan fingerprint density at radius 2 is 2.06 bits per heavy atom. The van der Waals surface area contributed by atoms with E-state index in [4.69, 9.17) is 9.84 Å². The summed E-state index contributed by atoms with van der Waals surface area (Å²) < 4.78 is 5.08. The summed E-state index contributed by atoms with van der Waals surface area (Å²) in [6.45, 7) is -0.124. The van der Waals surface area contributed by atoms with Gasteiger partial charge in [0.2, 0.25) is 0 Å². The molecular formula is C11H15BrO4. The molecule has 0 heterocycles. The molecule has 0 amide bonds. The first-order valence-electron chi connectivity index (χ1n) is 4.83. The minimum atomic E-state index is -0.971. The SMILES string of the molecule is COc1cc(C(O)C(O)CBr)ccc1CO. The van der Waals surface area contributed by atoms with Crippen LogP contribution in [0.2, 0.25) is 0 Å². The lowest BCUT2D eigenvalue weighted by atomic mass is 10.0. The third kappa shape index (κ3) is 2.95. The number of ether oxygens (including phenoxy) is 1. The Hall–Kier alpha value is -0.620. The van der Waals surface area contributed by atoms with Gasteiger partial charge in [-0.2, -0.15) is 0 Å². The second kappa shape index (κ2) is 6.20. The standard InChI is InChI=1S/C11H15BrO4/c1-16-10-4-7(2-3-8(10)6-13)11(15)9(14)5-12/h2-4,9,11,13-15H,5-6H2,1H3. The number of hydrogen-bond donors (Lipinski definition) is 3. The van der Waals surface area contributed by atoms with Crippen LogP contribution in [-0.4, -0.2) is 33.9 Å². The van der Waals surface area contributed by atoms with Crippen molar-refractivity contribution in [2.75, 3.05) is 12.4 Å². The van der Waals surface area contributed by atoms with Crippen molar-refractivity contribution in [2.45, 2.75) is 18.8 Å². The Morgan fingerprint density at radius 3 is 2.56 bits per heavy atom. The molecule has 0 aliphatic heterocycles. The quantitative estimate of drug-likeness (QED) is 0.707. The first-order valence-corrected chi connectivity index (χ1v) is 5.96. The fourth-order valence-electron chi connectivity index (χ4n) is 1.38. The molecule has 0 spiro atoms. The molecule has 1 aromatic carbocycles.